The normalized spacial score (nSPS) is 12.2. The zero-order chi connectivity index (χ0) is 13.5. The monoisotopic (exact) mass is 253 g/mol. The number of aliphatic hydroxyl groups is 1. The van der Waals surface area contributed by atoms with Gasteiger partial charge in [0.15, 0.2) is 0 Å². The highest BCUT2D eigenvalue weighted by Gasteiger charge is 2.18. The summed E-state index contributed by atoms with van der Waals surface area (Å²) >= 11 is 0. The Bertz CT molecular complexity index is 410. The number of nitrogens with zero attached hydrogens (tertiary/aromatic N) is 2. The number of aromatic nitrogens is 1. The van der Waals surface area contributed by atoms with Gasteiger partial charge in [-0.05, 0) is 25.3 Å². The second kappa shape index (κ2) is 6.90. The molecule has 0 amide bonds. The number of pyridine rings is 1. The van der Waals surface area contributed by atoms with Crippen molar-refractivity contribution in [3.8, 4) is 0 Å². The van der Waals surface area contributed by atoms with Gasteiger partial charge in [0.2, 0.25) is 5.82 Å². The Morgan fingerprint density at radius 2 is 2.33 bits per heavy atom. The first-order valence-electron chi connectivity index (χ1n) is 6.04. The molecule has 6 nitrogen and oxygen atoms in total. The summed E-state index contributed by atoms with van der Waals surface area (Å²) in [4.78, 5) is 14.6. The van der Waals surface area contributed by atoms with Crippen LogP contribution < -0.4 is 5.32 Å². The van der Waals surface area contributed by atoms with Gasteiger partial charge in [-0.15, -0.1) is 0 Å². The van der Waals surface area contributed by atoms with E-state index in [1.54, 1.807) is 19.2 Å². The van der Waals surface area contributed by atoms with E-state index in [2.05, 4.69) is 10.3 Å². The summed E-state index contributed by atoms with van der Waals surface area (Å²) in [5.41, 5.74) is 0.615. The Labute approximate surface area is 106 Å². The lowest BCUT2D eigenvalue weighted by Crippen LogP contribution is -2.16. The van der Waals surface area contributed by atoms with E-state index in [1.165, 1.54) is 0 Å². The number of hydrogen-bond donors (Lipinski definition) is 2. The second-order valence-corrected chi connectivity index (χ2v) is 4.25. The summed E-state index contributed by atoms with van der Waals surface area (Å²) in [5, 5.41) is 22.9. The Balaban J connectivity index is 2.78. The molecular weight excluding hydrogens is 234 g/mol. The number of aryl methyl sites for hydroxylation is 1. The van der Waals surface area contributed by atoms with Gasteiger partial charge in [0.1, 0.15) is 0 Å². The van der Waals surface area contributed by atoms with E-state index < -0.39 is 4.92 Å². The van der Waals surface area contributed by atoms with E-state index in [-0.39, 0.29) is 18.2 Å². The molecule has 1 aromatic rings. The minimum atomic E-state index is -0.419. The average molecular weight is 253 g/mol. The van der Waals surface area contributed by atoms with Crippen LogP contribution in [0.25, 0.3) is 0 Å². The lowest BCUT2D eigenvalue weighted by molar-refractivity contribution is -0.384. The van der Waals surface area contributed by atoms with Crippen LogP contribution in [0.2, 0.25) is 0 Å². The summed E-state index contributed by atoms with van der Waals surface area (Å²) in [6.07, 6.45) is 3.15. The van der Waals surface area contributed by atoms with Gasteiger partial charge in [-0.1, -0.05) is 13.3 Å². The minimum absolute atomic E-state index is 0.0244. The highest BCUT2D eigenvalue weighted by Crippen LogP contribution is 2.25. The largest absolute Gasteiger partial charge is 0.396 e. The molecule has 0 aliphatic heterocycles. The molecule has 1 heterocycles. The van der Waals surface area contributed by atoms with Crippen molar-refractivity contribution in [1.82, 2.24) is 4.98 Å². The van der Waals surface area contributed by atoms with Gasteiger partial charge in [-0.2, -0.15) is 0 Å². The standard InChI is InChI=1S/C12H19N3O3/c1-3-10(5-7-16)8-14-12-11(15(17)18)9(2)4-6-13-12/h4,6,10,16H,3,5,7-8H2,1-2H3,(H,13,14). The number of anilines is 1. The lowest BCUT2D eigenvalue weighted by Gasteiger charge is -2.14. The molecule has 1 aromatic heterocycles. The average Bonchev–Trinajstić information content (AvgIpc) is 2.33. The predicted molar refractivity (Wildman–Crippen MR) is 69.6 cm³/mol. The molecule has 0 bridgehead atoms. The fourth-order valence-electron chi connectivity index (χ4n) is 1.78. The number of aliphatic hydroxyl groups excluding tert-OH is 1. The molecule has 18 heavy (non-hydrogen) atoms. The van der Waals surface area contributed by atoms with Gasteiger partial charge in [0.05, 0.1) is 4.92 Å². The summed E-state index contributed by atoms with van der Waals surface area (Å²) in [6, 6.07) is 1.62. The quantitative estimate of drug-likeness (QED) is 0.574. The highest BCUT2D eigenvalue weighted by atomic mass is 16.6. The van der Waals surface area contributed by atoms with Crippen LogP contribution in [0.5, 0.6) is 0 Å². The van der Waals surface area contributed by atoms with E-state index in [0.717, 1.165) is 6.42 Å². The topological polar surface area (TPSA) is 88.3 Å². The van der Waals surface area contributed by atoms with E-state index in [1.807, 2.05) is 6.92 Å². The molecule has 0 fully saturated rings. The predicted octanol–water partition coefficient (Wildman–Crippen LogP) is 2.12. The Morgan fingerprint density at radius 3 is 2.89 bits per heavy atom. The Kier molecular flexibility index (Phi) is 5.51. The summed E-state index contributed by atoms with van der Waals surface area (Å²) in [6.45, 7) is 4.42. The SMILES string of the molecule is CCC(CCO)CNc1nccc(C)c1[N+](=O)[O-]. The zero-order valence-corrected chi connectivity index (χ0v) is 10.7. The zero-order valence-electron chi connectivity index (χ0n) is 10.7. The van der Waals surface area contributed by atoms with Crippen LogP contribution in [0.3, 0.4) is 0 Å². The van der Waals surface area contributed by atoms with Crippen LogP contribution in [-0.2, 0) is 0 Å². The maximum Gasteiger partial charge on any atom is 0.314 e. The third-order valence-electron chi connectivity index (χ3n) is 2.98. The van der Waals surface area contributed by atoms with Crippen LogP contribution in [0.15, 0.2) is 12.3 Å². The summed E-state index contributed by atoms with van der Waals surface area (Å²) in [7, 11) is 0. The molecule has 100 valence electrons. The molecule has 1 atom stereocenters. The van der Waals surface area contributed by atoms with Crippen molar-refractivity contribution in [3.05, 3.63) is 27.9 Å². The molecule has 6 heteroatoms. The van der Waals surface area contributed by atoms with Gasteiger partial charge in [-0.25, -0.2) is 4.98 Å². The molecular formula is C12H19N3O3. The van der Waals surface area contributed by atoms with E-state index in [9.17, 15) is 10.1 Å². The van der Waals surface area contributed by atoms with Crippen LogP contribution in [0.4, 0.5) is 11.5 Å². The number of rotatable bonds is 7. The fourth-order valence-corrected chi connectivity index (χ4v) is 1.78. The maximum absolute atomic E-state index is 11.0. The van der Waals surface area contributed by atoms with Gasteiger partial charge < -0.3 is 10.4 Å². The first-order chi connectivity index (χ1) is 8.60. The van der Waals surface area contributed by atoms with Crippen molar-refractivity contribution < 1.29 is 10.0 Å². The van der Waals surface area contributed by atoms with Crippen LogP contribution in [0.1, 0.15) is 25.3 Å². The molecule has 0 aliphatic carbocycles. The third-order valence-corrected chi connectivity index (χ3v) is 2.98. The molecule has 0 aromatic carbocycles. The van der Waals surface area contributed by atoms with Crippen molar-refractivity contribution in [3.63, 3.8) is 0 Å². The highest BCUT2D eigenvalue weighted by molar-refractivity contribution is 5.59. The first kappa shape index (κ1) is 14.4. The molecule has 0 aliphatic rings. The minimum Gasteiger partial charge on any atom is -0.396 e. The van der Waals surface area contributed by atoms with Gasteiger partial charge in [0.25, 0.3) is 0 Å². The Morgan fingerprint density at radius 1 is 1.61 bits per heavy atom. The Hall–Kier alpha value is -1.69. The molecule has 1 unspecified atom stereocenters. The van der Waals surface area contributed by atoms with Crippen molar-refractivity contribution in [2.24, 2.45) is 5.92 Å². The smallest absolute Gasteiger partial charge is 0.314 e. The maximum atomic E-state index is 11.0. The van der Waals surface area contributed by atoms with Crippen molar-refractivity contribution >= 4 is 11.5 Å². The van der Waals surface area contributed by atoms with Gasteiger partial charge >= 0.3 is 5.69 Å². The van der Waals surface area contributed by atoms with E-state index in [4.69, 9.17) is 5.11 Å². The fraction of sp³-hybridized carbons (Fsp3) is 0.583. The third kappa shape index (κ3) is 3.66. The molecule has 0 saturated carbocycles. The van der Waals surface area contributed by atoms with Crippen molar-refractivity contribution in [1.29, 1.82) is 0 Å². The van der Waals surface area contributed by atoms with Crippen molar-refractivity contribution in [2.75, 3.05) is 18.5 Å². The van der Waals surface area contributed by atoms with Crippen molar-refractivity contribution in [2.45, 2.75) is 26.7 Å². The molecule has 0 saturated heterocycles. The summed E-state index contributed by atoms with van der Waals surface area (Å²) in [5.74, 6) is 0.591. The van der Waals surface area contributed by atoms with E-state index >= 15 is 0 Å². The van der Waals surface area contributed by atoms with Crippen LogP contribution in [0, 0.1) is 23.0 Å². The van der Waals surface area contributed by atoms with Crippen LogP contribution in [-0.4, -0.2) is 28.2 Å². The van der Waals surface area contributed by atoms with Crippen LogP contribution >= 0.6 is 0 Å². The number of nitrogens with one attached hydrogen (secondary N) is 1. The van der Waals surface area contributed by atoms with Gasteiger partial charge in [-0.3, -0.25) is 10.1 Å². The number of hydrogen-bond acceptors (Lipinski definition) is 5. The molecule has 0 spiro atoms. The second-order valence-electron chi connectivity index (χ2n) is 4.25. The lowest BCUT2D eigenvalue weighted by atomic mass is 10.0. The molecule has 0 radical (unpaired) electrons. The molecule has 1 rings (SSSR count). The van der Waals surface area contributed by atoms with Gasteiger partial charge in [0, 0.05) is 24.9 Å². The van der Waals surface area contributed by atoms with E-state index in [0.29, 0.717) is 24.3 Å². The molecule has 2 N–H and O–H groups in total. The first-order valence-corrected chi connectivity index (χ1v) is 6.04. The summed E-state index contributed by atoms with van der Waals surface area (Å²) < 4.78 is 0. The number of nitro groups is 1.